The molecule has 0 spiro atoms. The maximum Gasteiger partial charge on any atom is 0.0412 e. The fourth-order valence-electron chi connectivity index (χ4n) is 3.00. The minimum atomic E-state index is 0.285. The van der Waals surface area contributed by atoms with E-state index in [0.29, 0.717) is 6.04 Å². The lowest BCUT2D eigenvalue weighted by Crippen LogP contribution is -2.64. The van der Waals surface area contributed by atoms with Crippen molar-refractivity contribution in [2.75, 3.05) is 18.0 Å². The fourth-order valence-corrected chi connectivity index (χ4v) is 3.53. The van der Waals surface area contributed by atoms with Gasteiger partial charge in [-0.3, -0.25) is 0 Å². The molecule has 3 heteroatoms. The van der Waals surface area contributed by atoms with Gasteiger partial charge in [0.1, 0.15) is 0 Å². The van der Waals surface area contributed by atoms with Crippen LogP contribution in [0.5, 0.6) is 0 Å². The van der Waals surface area contributed by atoms with Crippen molar-refractivity contribution in [1.29, 1.82) is 0 Å². The highest BCUT2D eigenvalue weighted by Gasteiger charge is 2.36. The SMILES string of the molecule is CCC1CNC(CC)(CC)CN1c1cccc(I)c1. The van der Waals surface area contributed by atoms with Gasteiger partial charge in [0, 0.05) is 33.9 Å². The smallest absolute Gasteiger partial charge is 0.0412 e. The Morgan fingerprint density at radius 2 is 2.05 bits per heavy atom. The topological polar surface area (TPSA) is 15.3 Å². The summed E-state index contributed by atoms with van der Waals surface area (Å²) in [6.07, 6.45) is 3.59. The molecule has 0 bridgehead atoms. The first-order valence-electron chi connectivity index (χ1n) is 7.41. The number of anilines is 1. The molecule has 106 valence electrons. The van der Waals surface area contributed by atoms with Crippen LogP contribution in [0.15, 0.2) is 24.3 Å². The minimum Gasteiger partial charge on any atom is -0.365 e. The molecular weight excluding hydrogens is 347 g/mol. The monoisotopic (exact) mass is 372 g/mol. The first-order chi connectivity index (χ1) is 9.14. The summed E-state index contributed by atoms with van der Waals surface area (Å²) in [5.41, 5.74) is 1.67. The molecule has 1 aliphatic rings. The van der Waals surface area contributed by atoms with Crippen molar-refractivity contribution in [1.82, 2.24) is 5.32 Å². The van der Waals surface area contributed by atoms with Crippen molar-refractivity contribution in [3.8, 4) is 0 Å². The number of benzene rings is 1. The number of piperazine rings is 1. The van der Waals surface area contributed by atoms with Gasteiger partial charge in [0.15, 0.2) is 0 Å². The third kappa shape index (κ3) is 3.24. The zero-order valence-corrected chi connectivity index (χ0v) is 14.4. The molecule has 1 unspecified atom stereocenters. The van der Waals surface area contributed by atoms with E-state index >= 15 is 0 Å². The molecule has 1 N–H and O–H groups in total. The van der Waals surface area contributed by atoms with E-state index < -0.39 is 0 Å². The molecular formula is C16H25IN2. The largest absolute Gasteiger partial charge is 0.365 e. The quantitative estimate of drug-likeness (QED) is 0.803. The lowest BCUT2D eigenvalue weighted by molar-refractivity contribution is 0.246. The summed E-state index contributed by atoms with van der Waals surface area (Å²) in [5.74, 6) is 0. The van der Waals surface area contributed by atoms with Crippen molar-refractivity contribution >= 4 is 28.3 Å². The van der Waals surface area contributed by atoms with Crippen LogP contribution in [0.2, 0.25) is 0 Å². The van der Waals surface area contributed by atoms with Gasteiger partial charge in [-0.2, -0.15) is 0 Å². The molecule has 1 aromatic rings. The number of hydrogen-bond acceptors (Lipinski definition) is 2. The van der Waals surface area contributed by atoms with Crippen LogP contribution < -0.4 is 10.2 Å². The van der Waals surface area contributed by atoms with Gasteiger partial charge < -0.3 is 10.2 Å². The van der Waals surface area contributed by atoms with Crippen LogP contribution in [-0.2, 0) is 0 Å². The Balaban J connectivity index is 2.28. The van der Waals surface area contributed by atoms with Gasteiger partial charge in [0.2, 0.25) is 0 Å². The first-order valence-corrected chi connectivity index (χ1v) is 8.49. The molecule has 1 fully saturated rings. The molecule has 2 nitrogen and oxygen atoms in total. The second-order valence-electron chi connectivity index (χ2n) is 5.54. The Labute approximate surface area is 131 Å². The summed E-state index contributed by atoms with van der Waals surface area (Å²) in [5, 5.41) is 3.80. The number of rotatable bonds is 4. The van der Waals surface area contributed by atoms with Crippen LogP contribution in [0.25, 0.3) is 0 Å². The number of nitrogens with one attached hydrogen (secondary N) is 1. The van der Waals surface area contributed by atoms with E-state index in [-0.39, 0.29) is 5.54 Å². The molecule has 2 rings (SSSR count). The Morgan fingerprint density at radius 1 is 1.32 bits per heavy atom. The van der Waals surface area contributed by atoms with Gasteiger partial charge in [0.05, 0.1) is 0 Å². The van der Waals surface area contributed by atoms with Crippen molar-refractivity contribution < 1.29 is 0 Å². The maximum atomic E-state index is 3.80. The van der Waals surface area contributed by atoms with Crippen LogP contribution in [0, 0.1) is 3.57 Å². The lowest BCUT2D eigenvalue weighted by atomic mass is 9.88. The summed E-state index contributed by atoms with van der Waals surface area (Å²) in [4.78, 5) is 2.62. The predicted molar refractivity (Wildman–Crippen MR) is 91.9 cm³/mol. The highest BCUT2D eigenvalue weighted by molar-refractivity contribution is 14.1. The summed E-state index contributed by atoms with van der Waals surface area (Å²) in [6.45, 7) is 9.12. The molecule has 19 heavy (non-hydrogen) atoms. The summed E-state index contributed by atoms with van der Waals surface area (Å²) >= 11 is 2.41. The predicted octanol–water partition coefficient (Wildman–Crippen LogP) is 4.04. The van der Waals surface area contributed by atoms with E-state index in [1.807, 2.05) is 0 Å². The maximum absolute atomic E-state index is 3.80. The first kappa shape index (κ1) is 15.1. The molecule has 1 atom stereocenters. The molecule has 0 aliphatic carbocycles. The Bertz CT molecular complexity index is 415. The highest BCUT2D eigenvalue weighted by atomic mass is 127. The minimum absolute atomic E-state index is 0.285. The van der Waals surface area contributed by atoms with Crippen molar-refractivity contribution in [2.45, 2.75) is 51.6 Å². The summed E-state index contributed by atoms with van der Waals surface area (Å²) in [7, 11) is 0. The van der Waals surface area contributed by atoms with Crippen LogP contribution >= 0.6 is 22.6 Å². The van der Waals surface area contributed by atoms with E-state index in [2.05, 4.69) is 77.8 Å². The second-order valence-corrected chi connectivity index (χ2v) is 6.78. The highest BCUT2D eigenvalue weighted by Crippen LogP contribution is 2.29. The third-order valence-corrected chi connectivity index (χ3v) is 5.26. The summed E-state index contributed by atoms with van der Waals surface area (Å²) < 4.78 is 1.32. The van der Waals surface area contributed by atoms with Crippen molar-refractivity contribution in [3.63, 3.8) is 0 Å². The van der Waals surface area contributed by atoms with Gasteiger partial charge in [-0.15, -0.1) is 0 Å². The average molecular weight is 372 g/mol. The van der Waals surface area contributed by atoms with Gasteiger partial charge in [0.25, 0.3) is 0 Å². The molecule has 0 amide bonds. The van der Waals surface area contributed by atoms with Crippen LogP contribution in [-0.4, -0.2) is 24.7 Å². The van der Waals surface area contributed by atoms with E-state index in [4.69, 9.17) is 0 Å². The van der Waals surface area contributed by atoms with E-state index in [0.717, 1.165) is 13.1 Å². The van der Waals surface area contributed by atoms with Gasteiger partial charge >= 0.3 is 0 Å². The van der Waals surface area contributed by atoms with Gasteiger partial charge in [-0.1, -0.05) is 26.8 Å². The van der Waals surface area contributed by atoms with Crippen LogP contribution in [0.1, 0.15) is 40.0 Å². The number of nitrogens with zero attached hydrogens (tertiary/aromatic N) is 1. The molecule has 0 saturated carbocycles. The Hall–Kier alpha value is -0.290. The molecule has 0 radical (unpaired) electrons. The summed E-state index contributed by atoms with van der Waals surface area (Å²) in [6, 6.07) is 9.52. The van der Waals surface area contributed by atoms with Crippen LogP contribution in [0.3, 0.4) is 0 Å². The van der Waals surface area contributed by atoms with E-state index in [1.54, 1.807) is 0 Å². The molecule has 1 aromatic carbocycles. The zero-order valence-electron chi connectivity index (χ0n) is 12.2. The standard InChI is InChI=1S/C16H25IN2/c1-4-14-11-18-16(5-2,6-3)12-19(14)15-9-7-8-13(17)10-15/h7-10,14,18H,4-6,11-12H2,1-3H3. The van der Waals surface area contributed by atoms with Crippen molar-refractivity contribution in [3.05, 3.63) is 27.8 Å². The molecule has 1 saturated heterocycles. The average Bonchev–Trinajstić information content (AvgIpc) is 2.46. The van der Waals surface area contributed by atoms with E-state index in [9.17, 15) is 0 Å². The lowest BCUT2D eigenvalue weighted by Gasteiger charge is -2.48. The number of halogens is 1. The molecule has 1 aliphatic heterocycles. The van der Waals surface area contributed by atoms with Crippen molar-refractivity contribution in [2.24, 2.45) is 0 Å². The van der Waals surface area contributed by atoms with E-state index in [1.165, 1.54) is 28.5 Å². The molecule has 1 heterocycles. The zero-order chi connectivity index (χ0) is 13.9. The third-order valence-electron chi connectivity index (χ3n) is 4.59. The Kier molecular flexibility index (Phi) is 5.12. The molecule has 0 aromatic heterocycles. The normalized spacial score (nSPS) is 22.5. The fraction of sp³-hybridized carbons (Fsp3) is 0.625. The van der Waals surface area contributed by atoms with Gasteiger partial charge in [-0.05, 0) is 60.1 Å². The van der Waals surface area contributed by atoms with Crippen LogP contribution in [0.4, 0.5) is 5.69 Å². The Morgan fingerprint density at radius 3 is 2.63 bits per heavy atom. The number of hydrogen-bond donors (Lipinski definition) is 1. The second kappa shape index (κ2) is 6.44. The van der Waals surface area contributed by atoms with Gasteiger partial charge in [-0.25, -0.2) is 0 Å².